The fraction of sp³-hybridized carbons (Fsp3) is 0.500. The Bertz CT molecular complexity index is 382. The number of ether oxygens (including phenoxy) is 1. The van der Waals surface area contributed by atoms with E-state index in [0.717, 1.165) is 12.0 Å². The molecule has 0 radical (unpaired) electrons. The molecule has 1 N–H and O–H groups in total. The maximum atomic E-state index is 13.1. The molecule has 18 heavy (non-hydrogen) atoms. The van der Waals surface area contributed by atoms with E-state index in [4.69, 9.17) is 4.74 Å². The van der Waals surface area contributed by atoms with E-state index in [1.807, 2.05) is 13.0 Å². The Hall–Kier alpha value is -1.42. The SMILES string of the molecule is CCOC(=O)CCNC(CC)c1cccc(F)c1. The number of halogens is 1. The van der Waals surface area contributed by atoms with Gasteiger partial charge in [-0.15, -0.1) is 0 Å². The molecule has 0 saturated carbocycles. The van der Waals surface area contributed by atoms with Crippen molar-refractivity contribution in [3.8, 4) is 0 Å². The maximum absolute atomic E-state index is 13.1. The van der Waals surface area contributed by atoms with E-state index in [1.54, 1.807) is 13.0 Å². The van der Waals surface area contributed by atoms with Crippen molar-refractivity contribution in [2.45, 2.75) is 32.7 Å². The van der Waals surface area contributed by atoms with Crippen LogP contribution in [-0.2, 0) is 9.53 Å². The molecule has 1 atom stereocenters. The molecular weight excluding hydrogens is 233 g/mol. The summed E-state index contributed by atoms with van der Waals surface area (Å²) in [7, 11) is 0. The van der Waals surface area contributed by atoms with Crippen molar-refractivity contribution in [2.75, 3.05) is 13.2 Å². The molecular formula is C14H20FNO2. The molecule has 1 aromatic rings. The molecule has 0 fully saturated rings. The first kappa shape index (κ1) is 14.6. The number of benzene rings is 1. The first-order chi connectivity index (χ1) is 8.67. The lowest BCUT2D eigenvalue weighted by molar-refractivity contribution is -0.143. The zero-order valence-electron chi connectivity index (χ0n) is 10.9. The third-order valence-corrected chi connectivity index (χ3v) is 2.68. The van der Waals surface area contributed by atoms with E-state index in [-0.39, 0.29) is 17.8 Å². The first-order valence-corrected chi connectivity index (χ1v) is 6.31. The second-order valence-electron chi connectivity index (χ2n) is 4.02. The fourth-order valence-corrected chi connectivity index (χ4v) is 1.80. The highest BCUT2D eigenvalue weighted by molar-refractivity contribution is 5.69. The van der Waals surface area contributed by atoms with Crippen molar-refractivity contribution in [2.24, 2.45) is 0 Å². The summed E-state index contributed by atoms with van der Waals surface area (Å²) in [6.07, 6.45) is 1.17. The van der Waals surface area contributed by atoms with Crippen LogP contribution in [0.2, 0.25) is 0 Å². The quantitative estimate of drug-likeness (QED) is 0.759. The van der Waals surface area contributed by atoms with E-state index in [1.165, 1.54) is 12.1 Å². The van der Waals surface area contributed by atoms with Crippen LogP contribution in [0.3, 0.4) is 0 Å². The van der Waals surface area contributed by atoms with Gasteiger partial charge in [0, 0.05) is 12.6 Å². The van der Waals surface area contributed by atoms with E-state index < -0.39 is 0 Å². The lowest BCUT2D eigenvalue weighted by Crippen LogP contribution is -2.24. The average Bonchev–Trinajstić information content (AvgIpc) is 2.35. The van der Waals surface area contributed by atoms with Gasteiger partial charge in [-0.05, 0) is 31.0 Å². The highest BCUT2D eigenvalue weighted by Gasteiger charge is 2.10. The molecule has 1 unspecified atom stereocenters. The molecule has 1 aromatic carbocycles. The van der Waals surface area contributed by atoms with E-state index in [0.29, 0.717) is 19.6 Å². The molecule has 3 nitrogen and oxygen atoms in total. The van der Waals surface area contributed by atoms with Crippen LogP contribution in [0.25, 0.3) is 0 Å². The summed E-state index contributed by atoms with van der Waals surface area (Å²) in [6, 6.07) is 6.59. The molecule has 0 aromatic heterocycles. The highest BCUT2D eigenvalue weighted by atomic mass is 19.1. The minimum Gasteiger partial charge on any atom is -0.466 e. The van der Waals surface area contributed by atoms with Crippen LogP contribution in [0, 0.1) is 5.82 Å². The summed E-state index contributed by atoms with van der Waals surface area (Å²) < 4.78 is 18.0. The summed E-state index contributed by atoms with van der Waals surface area (Å²) in [5.74, 6) is -0.447. The monoisotopic (exact) mass is 253 g/mol. The van der Waals surface area contributed by atoms with Crippen molar-refractivity contribution >= 4 is 5.97 Å². The van der Waals surface area contributed by atoms with E-state index in [9.17, 15) is 9.18 Å². The first-order valence-electron chi connectivity index (χ1n) is 6.31. The zero-order valence-corrected chi connectivity index (χ0v) is 10.9. The van der Waals surface area contributed by atoms with Crippen LogP contribution >= 0.6 is 0 Å². The van der Waals surface area contributed by atoms with Gasteiger partial charge in [0.25, 0.3) is 0 Å². The van der Waals surface area contributed by atoms with Crippen LogP contribution in [0.1, 0.15) is 38.3 Å². The summed E-state index contributed by atoms with van der Waals surface area (Å²) >= 11 is 0. The van der Waals surface area contributed by atoms with Gasteiger partial charge in [0.2, 0.25) is 0 Å². The van der Waals surface area contributed by atoms with Crippen molar-refractivity contribution < 1.29 is 13.9 Å². The largest absolute Gasteiger partial charge is 0.466 e. The molecule has 0 saturated heterocycles. The number of carbonyl (C=O) groups is 1. The molecule has 0 spiro atoms. The van der Waals surface area contributed by atoms with Crippen molar-refractivity contribution in [1.29, 1.82) is 0 Å². The Morgan fingerprint density at radius 3 is 2.83 bits per heavy atom. The van der Waals surface area contributed by atoms with Gasteiger partial charge in [0.05, 0.1) is 13.0 Å². The Balaban J connectivity index is 2.45. The van der Waals surface area contributed by atoms with Gasteiger partial charge in [0.15, 0.2) is 0 Å². The Morgan fingerprint density at radius 1 is 1.44 bits per heavy atom. The summed E-state index contributed by atoms with van der Waals surface area (Å²) in [4.78, 5) is 11.2. The van der Waals surface area contributed by atoms with Crippen LogP contribution in [-0.4, -0.2) is 19.1 Å². The number of carbonyl (C=O) groups excluding carboxylic acids is 1. The van der Waals surface area contributed by atoms with Crippen molar-refractivity contribution in [1.82, 2.24) is 5.32 Å². The minimum absolute atomic E-state index is 0.0649. The lowest BCUT2D eigenvalue weighted by atomic mass is 10.0. The predicted molar refractivity (Wildman–Crippen MR) is 68.7 cm³/mol. The van der Waals surface area contributed by atoms with Gasteiger partial charge in [-0.1, -0.05) is 19.1 Å². The Morgan fingerprint density at radius 2 is 2.22 bits per heavy atom. The van der Waals surface area contributed by atoms with E-state index in [2.05, 4.69) is 5.32 Å². The second kappa shape index (κ2) is 7.82. The molecule has 0 amide bonds. The minimum atomic E-state index is -0.238. The molecule has 4 heteroatoms. The van der Waals surface area contributed by atoms with Gasteiger partial charge in [0.1, 0.15) is 5.82 Å². The number of hydrogen-bond donors (Lipinski definition) is 1. The molecule has 0 heterocycles. The highest BCUT2D eigenvalue weighted by Crippen LogP contribution is 2.17. The lowest BCUT2D eigenvalue weighted by Gasteiger charge is -2.17. The average molecular weight is 253 g/mol. The van der Waals surface area contributed by atoms with Gasteiger partial charge < -0.3 is 10.1 Å². The van der Waals surface area contributed by atoms with Gasteiger partial charge in [-0.25, -0.2) is 4.39 Å². The summed E-state index contributed by atoms with van der Waals surface area (Å²) in [6.45, 7) is 4.74. The summed E-state index contributed by atoms with van der Waals surface area (Å²) in [5.41, 5.74) is 0.904. The molecule has 0 aliphatic rings. The smallest absolute Gasteiger partial charge is 0.307 e. The molecule has 1 rings (SSSR count). The predicted octanol–water partition coefficient (Wildman–Crippen LogP) is 2.82. The second-order valence-corrected chi connectivity index (χ2v) is 4.02. The van der Waals surface area contributed by atoms with Crippen LogP contribution < -0.4 is 5.32 Å². The van der Waals surface area contributed by atoms with Crippen LogP contribution in [0.4, 0.5) is 4.39 Å². The van der Waals surface area contributed by atoms with Gasteiger partial charge in [-0.2, -0.15) is 0 Å². The topological polar surface area (TPSA) is 38.3 Å². The fourth-order valence-electron chi connectivity index (χ4n) is 1.80. The van der Waals surface area contributed by atoms with Crippen molar-refractivity contribution in [3.63, 3.8) is 0 Å². The van der Waals surface area contributed by atoms with Crippen LogP contribution in [0.15, 0.2) is 24.3 Å². The maximum Gasteiger partial charge on any atom is 0.307 e. The van der Waals surface area contributed by atoms with Crippen molar-refractivity contribution in [3.05, 3.63) is 35.6 Å². The number of esters is 1. The van der Waals surface area contributed by atoms with E-state index >= 15 is 0 Å². The van der Waals surface area contributed by atoms with Gasteiger partial charge >= 0.3 is 5.97 Å². The summed E-state index contributed by atoms with van der Waals surface area (Å²) in [5, 5.41) is 3.23. The number of nitrogens with one attached hydrogen (secondary N) is 1. The number of hydrogen-bond acceptors (Lipinski definition) is 3. The third kappa shape index (κ3) is 4.84. The van der Waals surface area contributed by atoms with Gasteiger partial charge in [-0.3, -0.25) is 4.79 Å². The molecule has 0 aliphatic heterocycles. The Labute approximate surface area is 107 Å². The molecule has 0 aliphatic carbocycles. The normalized spacial score (nSPS) is 12.2. The van der Waals surface area contributed by atoms with Crippen LogP contribution in [0.5, 0.6) is 0 Å². The number of rotatable bonds is 7. The zero-order chi connectivity index (χ0) is 13.4. The Kier molecular flexibility index (Phi) is 6.36. The third-order valence-electron chi connectivity index (χ3n) is 2.68. The molecule has 100 valence electrons. The standard InChI is InChI=1S/C14H20FNO2/c1-3-13(11-6-5-7-12(15)10-11)16-9-8-14(17)18-4-2/h5-7,10,13,16H,3-4,8-9H2,1-2H3. The molecule has 0 bridgehead atoms.